The maximum absolute atomic E-state index is 12.0. The zero-order valence-corrected chi connectivity index (χ0v) is 12.4. The van der Waals surface area contributed by atoms with Crippen molar-refractivity contribution >= 4 is 27.3 Å². The Labute approximate surface area is 115 Å². The lowest BCUT2D eigenvalue weighted by Crippen LogP contribution is -2.31. The van der Waals surface area contributed by atoms with Crippen LogP contribution in [0.4, 0.5) is 0 Å². The molecule has 1 N–H and O–H groups in total. The summed E-state index contributed by atoms with van der Waals surface area (Å²) in [5.41, 5.74) is 1.20. The van der Waals surface area contributed by atoms with Gasteiger partial charge in [0.15, 0.2) is 0 Å². The van der Waals surface area contributed by atoms with Crippen molar-refractivity contribution in [3.63, 3.8) is 0 Å². The number of hydrogen-bond donors (Lipinski definition) is 1. The third-order valence-corrected chi connectivity index (χ3v) is 5.64. The summed E-state index contributed by atoms with van der Waals surface area (Å²) in [6.07, 6.45) is 0. The number of amides is 1. The van der Waals surface area contributed by atoms with Crippen LogP contribution in [-0.4, -0.2) is 18.9 Å². The average Bonchev–Trinajstić information content (AvgIpc) is 2.87. The summed E-state index contributed by atoms with van der Waals surface area (Å²) in [6, 6.07) is 6.55. The summed E-state index contributed by atoms with van der Waals surface area (Å²) in [6.45, 7) is 3.65. The summed E-state index contributed by atoms with van der Waals surface area (Å²) in [5.74, 6) is -0.623. The van der Waals surface area contributed by atoms with Crippen molar-refractivity contribution in [2.24, 2.45) is 7.05 Å². The van der Waals surface area contributed by atoms with Gasteiger partial charge in [-0.25, -0.2) is 13.1 Å². The number of nitrogens with zero attached hydrogens (tertiary/aromatic N) is 1. The van der Waals surface area contributed by atoms with Gasteiger partial charge < -0.3 is 4.57 Å². The van der Waals surface area contributed by atoms with Crippen LogP contribution < -0.4 is 4.72 Å². The Balaban J connectivity index is 2.26. The molecule has 2 aromatic rings. The van der Waals surface area contributed by atoms with Gasteiger partial charge in [-0.3, -0.25) is 4.79 Å². The van der Waals surface area contributed by atoms with Crippen LogP contribution in [0.3, 0.4) is 0 Å². The number of nitrogens with one attached hydrogen (secondary N) is 1. The second-order valence-electron chi connectivity index (χ2n) is 4.22. The fourth-order valence-corrected chi connectivity index (χ4v) is 3.87. The van der Waals surface area contributed by atoms with Gasteiger partial charge in [0.05, 0.1) is 0 Å². The van der Waals surface area contributed by atoms with Crippen LogP contribution in [0.15, 0.2) is 28.5 Å². The molecule has 0 fully saturated rings. The Bertz CT molecular complexity index is 726. The number of sulfonamides is 1. The van der Waals surface area contributed by atoms with Crippen molar-refractivity contribution in [1.82, 2.24) is 9.29 Å². The standard InChI is InChI=1S/C12H14N2O3S2/c1-8-4-6-10(14(8)3)12(15)13-19(16,17)11-7-5-9(2)18-11/h4-7H,1-3H3,(H,13,15). The van der Waals surface area contributed by atoms with E-state index in [0.29, 0.717) is 5.69 Å². The van der Waals surface area contributed by atoms with Crippen LogP contribution in [0, 0.1) is 13.8 Å². The molecule has 0 atom stereocenters. The lowest BCUT2D eigenvalue weighted by Gasteiger charge is -2.06. The Hall–Kier alpha value is -1.60. The number of aryl methyl sites for hydroxylation is 2. The molecule has 0 radical (unpaired) electrons. The third kappa shape index (κ3) is 2.71. The highest BCUT2D eigenvalue weighted by Gasteiger charge is 2.21. The maximum atomic E-state index is 12.0. The molecule has 0 unspecified atom stereocenters. The molecular weight excluding hydrogens is 284 g/mol. The fraction of sp³-hybridized carbons (Fsp3) is 0.250. The summed E-state index contributed by atoms with van der Waals surface area (Å²) >= 11 is 1.13. The Morgan fingerprint density at radius 2 is 1.89 bits per heavy atom. The zero-order valence-electron chi connectivity index (χ0n) is 10.8. The van der Waals surface area contributed by atoms with E-state index in [4.69, 9.17) is 0 Å². The number of thiophene rings is 1. The van der Waals surface area contributed by atoms with Crippen LogP contribution in [0.2, 0.25) is 0 Å². The first-order valence-corrected chi connectivity index (χ1v) is 7.87. The van der Waals surface area contributed by atoms with Gasteiger partial charge in [0.1, 0.15) is 9.90 Å². The number of rotatable bonds is 3. The molecule has 7 heteroatoms. The van der Waals surface area contributed by atoms with E-state index >= 15 is 0 Å². The van der Waals surface area contributed by atoms with Crippen LogP contribution in [0.1, 0.15) is 21.1 Å². The second-order valence-corrected chi connectivity index (χ2v) is 7.42. The molecule has 19 heavy (non-hydrogen) atoms. The van der Waals surface area contributed by atoms with Gasteiger partial charge in [-0.15, -0.1) is 11.3 Å². The molecule has 0 aromatic carbocycles. The van der Waals surface area contributed by atoms with Crippen LogP contribution in [0.25, 0.3) is 0 Å². The highest BCUT2D eigenvalue weighted by Crippen LogP contribution is 2.20. The minimum Gasteiger partial charge on any atom is -0.344 e. The van der Waals surface area contributed by atoms with E-state index < -0.39 is 15.9 Å². The first kappa shape index (κ1) is 13.8. The lowest BCUT2D eigenvalue weighted by molar-refractivity contribution is 0.0973. The van der Waals surface area contributed by atoms with E-state index in [2.05, 4.69) is 4.72 Å². The highest BCUT2D eigenvalue weighted by atomic mass is 32.2. The summed E-state index contributed by atoms with van der Waals surface area (Å²) in [4.78, 5) is 12.8. The van der Waals surface area contributed by atoms with E-state index in [0.717, 1.165) is 21.9 Å². The summed E-state index contributed by atoms with van der Waals surface area (Å²) in [5, 5.41) is 0. The van der Waals surface area contributed by atoms with E-state index in [1.807, 2.05) is 13.8 Å². The molecule has 2 heterocycles. The molecule has 5 nitrogen and oxygen atoms in total. The highest BCUT2D eigenvalue weighted by molar-refractivity contribution is 7.92. The minimum atomic E-state index is -3.79. The van der Waals surface area contributed by atoms with Crippen LogP contribution >= 0.6 is 11.3 Å². The maximum Gasteiger partial charge on any atom is 0.281 e. The molecule has 0 saturated carbocycles. The predicted octanol–water partition coefficient (Wildman–Crippen LogP) is 1.82. The van der Waals surface area contributed by atoms with Crippen molar-refractivity contribution in [3.05, 3.63) is 40.5 Å². The largest absolute Gasteiger partial charge is 0.344 e. The Morgan fingerprint density at radius 1 is 1.21 bits per heavy atom. The molecule has 102 valence electrons. The first-order chi connectivity index (χ1) is 8.81. The van der Waals surface area contributed by atoms with Crippen molar-refractivity contribution in [1.29, 1.82) is 0 Å². The lowest BCUT2D eigenvalue weighted by atomic mass is 10.4. The molecule has 1 amide bonds. The van der Waals surface area contributed by atoms with Gasteiger partial charge in [0.25, 0.3) is 15.9 Å². The van der Waals surface area contributed by atoms with Gasteiger partial charge in [0.2, 0.25) is 0 Å². The van der Waals surface area contributed by atoms with E-state index in [1.165, 1.54) is 6.07 Å². The fourth-order valence-electron chi connectivity index (χ4n) is 1.62. The number of carbonyl (C=O) groups is 1. The molecular formula is C12H14N2O3S2. The van der Waals surface area contributed by atoms with E-state index in [9.17, 15) is 13.2 Å². The first-order valence-electron chi connectivity index (χ1n) is 5.57. The second kappa shape index (κ2) is 4.82. The SMILES string of the molecule is Cc1ccc(S(=O)(=O)NC(=O)c2ccc(C)n2C)s1. The molecule has 0 bridgehead atoms. The predicted molar refractivity (Wildman–Crippen MR) is 73.9 cm³/mol. The van der Waals surface area contributed by atoms with Gasteiger partial charge in [0, 0.05) is 17.6 Å². The monoisotopic (exact) mass is 298 g/mol. The van der Waals surface area contributed by atoms with Crippen LogP contribution in [0.5, 0.6) is 0 Å². The Morgan fingerprint density at radius 3 is 2.37 bits per heavy atom. The van der Waals surface area contributed by atoms with Gasteiger partial charge in [-0.2, -0.15) is 0 Å². The van der Waals surface area contributed by atoms with Gasteiger partial charge >= 0.3 is 0 Å². The minimum absolute atomic E-state index is 0.143. The Kier molecular flexibility index (Phi) is 3.51. The topological polar surface area (TPSA) is 68.2 Å². The summed E-state index contributed by atoms with van der Waals surface area (Å²) < 4.78 is 27.9. The van der Waals surface area contributed by atoms with E-state index in [1.54, 1.807) is 29.8 Å². The quantitative estimate of drug-likeness (QED) is 0.940. The number of carbonyl (C=O) groups excluding carboxylic acids is 1. The third-order valence-electron chi connectivity index (χ3n) is 2.81. The number of hydrogen-bond acceptors (Lipinski definition) is 4. The smallest absolute Gasteiger partial charge is 0.281 e. The molecule has 0 aliphatic rings. The number of aromatic nitrogens is 1. The van der Waals surface area contributed by atoms with Crippen molar-refractivity contribution < 1.29 is 13.2 Å². The molecule has 2 rings (SSSR count). The molecule has 2 aromatic heterocycles. The van der Waals surface area contributed by atoms with Crippen molar-refractivity contribution in [3.8, 4) is 0 Å². The van der Waals surface area contributed by atoms with Gasteiger partial charge in [-0.1, -0.05) is 0 Å². The van der Waals surface area contributed by atoms with Crippen LogP contribution in [-0.2, 0) is 17.1 Å². The zero-order chi connectivity index (χ0) is 14.2. The van der Waals surface area contributed by atoms with E-state index in [-0.39, 0.29) is 4.21 Å². The molecule has 0 saturated heterocycles. The normalized spacial score (nSPS) is 11.5. The molecule has 0 spiro atoms. The average molecular weight is 298 g/mol. The summed E-state index contributed by atoms with van der Waals surface area (Å²) in [7, 11) is -2.07. The van der Waals surface area contributed by atoms with Gasteiger partial charge in [-0.05, 0) is 38.1 Å². The van der Waals surface area contributed by atoms with Crippen molar-refractivity contribution in [2.45, 2.75) is 18.1 Å². The van der Waals surface area contributed by atoms with Crippen molar-refractivity contribution in [2.75, 3.05) is 0 Å². The molecule has 0 aliphatic carbocycles. The molecule has 0 aliphatic heterocycles.